The fourth-order valence-electron chi connectivity index (χ4n) is 3.64. The van der Waals surface area contributed by atoms with Crippen molar-refractivity contribution in [2.75, 3.05) is 39.1 Å². The van der Waals surface area contributed by atoms with Crippen molar-refractivity contribution in [1.29, 1.82) is 0 Å². The lowest BCUT2D eigenvalue weighted by Gasteiger charge is -2.18. The second-order valence-electron chi connectivity index (χ2n) is 7.41. The Labute approximate surface area is 189 Å². The third kappa shape index (κ3) is 4.68. The molecule has 4 rings (SSSR count). The van der Waals surface area contributed by atoms with Crippen LogP contribution in [0.2, 0.25) is 5.02 Å². The average Bonchev–Trinajstić information content (AvgIpc) is 3.23. The van der Waals surface area contributed by atoms with Crippen molar-refractivity contribution in [3.8, 4) is 11.5 Å². The van der Waals surface area contributed by atoms with E-state index in [4.69, 9.17) is 21.1 Å². The number of likely N-dealkylation sites (N-methyl/N-ethyl adjacent to an activating group) is 1. The molecule has 1 unspecified atom stereocenters. The van der Waals surface area contributed by atoms with Gasteiger partial charge in [0.15, 0.2) is 17.3 Å². The quantitative estimate of drug-likeness (QED) is 0.560. The Kier molecular flexibility index (Phi) is 6.57. The number of carbonyl (C=O) groups excluding carboxylic acids is 1. The van der Waals surface area contributed by atoms with E-state index in [-0.39, 0.29) is 22.7 Å². The fraction of sp³-hybridized carbons (Fsp3) is 0.318. The fourth-order valence-corrected chi connectivity index (χ4v) is 3.82. The number of nitrogens with one attached hydrogen (secondary N) is 2. The largest absolute Gasteiger partial charge is 0.493 e. The molecular weight excluding hydrogens is 437 g/mol. The Morgan fingerprint density at radius 3 is 2.94 bits per heavy atom. The topological polar surface area (TPSA) is 88.6 Å². The van der Waals surface area contributed by atoms with Gasteiger partial charge in [0.25, 0.3) is 0 Å². The van der Waals surface area contributed by atoms with Gasteiger partial charge in [-0.1, -0.05) is 17.7 Å². The Morgan fingerprint density at radius 2 is 2.16 bits per heavy atom. The zero-order valence-electron chi connectivity index (χ0n) is 17.7. The molecule has 0 radical (unpaired) electrons. The number of halogens is 2. The van der Waals surface area contributed by atoms with Crippen LogP contribution in [0.3, 0.4) is 0 Å². The highest BCUT2D eigenvalue weighted by Crippen LogP contribution is 2.36. The van der Waals surface area contributed by atoms with E-state index in [2.05, 4.69) is 20.6 Å². The van der Waals surface area contributed by atoms with Gasteiger partial charge in [-0.2, -0.15) is 0 Å². The summed E-state index contributed by atoms with van der Waals surface area (Å²) in [5, 5.41) is 6.28. The number of carbonyl (C=O) groups is 1. The monoisotopic (exact) mass is 459 g/mol. The number of ether oxygens (including phenoxy) is 2. The van der Waals surface area contributed by atoms with Gasteiger partial charge in [-0.25, -0.2) is 14.4 Å². The molecule has 32 heavy (non-hydrogen) atoms. The molecule has 0 saturated carbocycles. The summed E-state index contributed by atoms with van der Waals surface area (Å²) >= 11 is 5.90. The molecule has 2 aromatic carbocycles. The summed E-state index contributed by atoms with van der Waals surface area (Å²) in [7, 11) is 3.18. The minimum absolute atomic E-state index is 0.0154. The molecule has 1 fully saturated rings. The molecule has 1 atom stereocenters. The van der Waals surface area contributed by atoms with E-state index in [9.17, 15) is 9.18 Å². The molecule has 0 aliphatic carbocycles. The predicted octanol–water partition coefficient (Wildman–Crippen LogP) is 3.37. The van der Waals surface area contributed by atoms with E-state index in [1.54, 1.807) is 38.4 Å². The first-order chi connectivity index (χ1) is 15.5. The van der Waals surface area contributed by atoms with Gasteiger partial charge in [0.05, 0.1) is 29.9 Å². The van der Waals surface area contributed by atoms with E-state index >= 15 is 0 Å². The SMILES string of the molecule is CNC(=O)CN1CCC(Oc2cc3c(Nc4cccc(Cl)c4F)ncnc3cc2OC)C1. The number of fused-ring (bicyclic) bond motifs is 1. The molecule has 1 aromatic heterocycles. The van der Waals surface area contributed by atoms with Crippen molar-refractivity contribution < 1.29 is 18.7 Å². The van der Waals surface area contributed by atoms with E-state index in [0.717, 1.165) is 13.0 Å². The molecule has 10 heteroatoms. The van der Waals surface area contributed by atoms with Crippen molar-refractivity contribution >= 4 is 39.9 Å². The summed E-state index contributed by atoms with van der Waals surface area (Å²) in [6.07, 6.45) is 2.07. The first-order valence-corrected chi connectivity index (χ1v) is 10.5. The maximum atomic E-state index is 14.4. The van der Waals surface area contributed by atoms with Crippen LogP contribution in [-0.4, -0.2) is 60.7 Å². The molecule has 1 saturated heterocycles. The third-order valence-corrected chi connectivity index (χ3v) is 5.59. The standard InChI is InChI=1S/C22H23ClFN5O3/c1-25-20(30)11-29-7-6-13(10-29)32-19-8-14-17(9-18(19)31-2)26-12-27-22(14)28-16-5-3-4-15(23)21(16)24/h3-5,8-9,12-13H,6-7,10-11H2,1-2H3,(H,25,30)(H,26,27,28). The van der Waals surface area contributed by atoms with Crippen molar-refractivity contribution in [2.45, 2.75) is 12.5 Å². The van der Waals surface area contributed by atoms with Crippen LogP contribution in [0.4, 0.5) is 15.9 Å². The molecular formula is C22H23ClFN5O3. The van der Waals surface area contributed by atoms with Crippen molar-refractivity contribution in [3.05, 3.63) is 47.5 Å². The zero-order valence-corrected chi connectivity index (χ0v) is 18.4. The lowest BCUT2D eigenvalue weighted by molar-refractivity contribution is -0.121. The van der Waals surface area contributed by atoms with Gasteiger partial charge in [0, 0.05) is 31.6 Å². The number of hydrogen-bond donors (Lipinski definition) is 2. The number of likely N-dealkylation sites (tertiary alicyclic amines) is 1. The number of methoxy groups -OCH3 is 1. The van der Waals surface area contributed by atoms with Gasteiger partial charge in [-0.15, -0.1) is 0 Å². The molecule has 1 aliphatic heterocycles. The number of rotatable bonds is 7. The molecule has 1 aliphatic rings. The van der Waals surface area contributed by atoms with E-state index in [0.29, 0.717) is 41.3 Å². The molecule has 2 N–H and O–H groups in total. The number of aromatic nitrogens is 2. The van der Waals surface area contributed by atoms with Gasteiger partial charge in [0.2, 0.25) is 5.91 Å². The summed E-state index contributed by atoms with van der Waals surface area (Å²) in [6.45, 7) is 1.72. The Bertz CT molecular complexity index is 1150. The molecule has 1 amide bonds. The molecule has 0 spiro atoms. The maximum Gasteiger partial charge on any atom is 0.233 e. The molecule has 0 bridgehead atoms. The summed E-state index contributed by atoms with van der Waals surface area (Å²) in [6, 6.07) is 8.24. The minimum Gasteiger partial charge on any atom is -0.493 e. The molecule has 8 nitrogen and oxygen atoms in total. The van der Waals surface area contributed by atoms with Gasteiger partial charge < -0.3 is 20.1 Å². The third-order valence-electron chi connectivity index (χ3n) is 5.29. The predicted molar refractivity (Wildman–Crippen MR) is 120 cm³/mol. The lowest BCUT2D eigenvalue weighted by Crippen LogP contribution is -2.35. The van der Waals surface area contributed by atoms with Crippen molar-refractivity contribution in [3.63, 3.8) is 0 Å². The Balaban J connectivity index is 1.61. The van der Waals surface area contributed by atoms with Crippen LogP contribution in [0.1, 0.15) is 6.42 Å². The van der Waals surface area contributed by atoms with Crippen LogP contribution in [0.25, 0.3) is 10.9 Å². The maximum absolute atomic E-state index is 14.4. The number of amides is 1. The highest BCUT2D eigenvalue weighted by molar-refractivity contribution is 6.31. The number of nitrogens with zero attached hydrogens (tertiary/aromatic N) is 3. The van der Waals surface area contributed by atoms with Crippen LogP contribution in [0.5, 0.6) is 11.5 Å². The summed E-state index contributed by atoms with van der Waals surface area (Å²) < 4.78 is 26.1. The van der Waals surface area contributed by atoms with Gasteiger partial charge in [0.1, 0.15) is 18.2 Å². The van der Waals surface area contributed by atoms with Crippen LogP contribution in [0, 0.1) is 5.82 Å². The molecule has 3 aromatic rings. The summed E-state index contributed by atoms with van der Waals surface area (Å²) in [5.41, 5.74) is 0.818. The highest BCUT2D eigenvalue weighted by Gasteiger charge is 2.26. The smallest absolute Gasteiger partial charge is 0.233 e. The lowest BCUT2D eigenvalue weighted by atomic mass is 10.2. The van der Waals surface area contributed by atoms with Gasteiger partial charge in [-0.3, -0.25) is 9.69 Å². The van der Waals surface area contributed by atoms with Crippen molar-refractivity contribution in [2.24, 2.45) is 0 Å². The van der Waals surface area contributed by atoms with Crippen molar-refractivity contribution in [1.82, 2.24) is 20.2 Å². The molecule has 168 valence electrons. The van der Waals surface area contributed by atoms with Gasteiger partial charge in [-0.05, 0) is 24.6 Å². The summed E-state index contributed by atoms with van der Waals surface area (Å²) in [5.74, 6) is 0.872. The average molecular weight is 460 g/mol. The zero-order chi connectivity index (χ0) is 22.7. The minimum atomic E-state index is -0.562. The Hall–Kier alpha value is -3.17. The van der Waals surface area contributed by atoms with Crippen LogP contribution in [0.15, 0.2) is 36.7 Å². The van der Waals surface area contributed by atoms with E-state index in [1.807, 2.05) is 4.90 Å². The second-order valence-corrected chi connectivity index (χ2v) is 7.81. The van der Waals surface area contributed by atoms with Crippen LogP contribution < -0.4 is 20.1 Å². The second kappa shape index (κ2) is 9.54. The molecule has 2 heterocycles. The number of benzene rings is 2. The van der Waals surface area contributed by atoms with Crippen LogP contribution in [-0.2, 0) is 4.79 Å². The first kappa shape index (κ1) is 22.0. The summed E-state index contributed by atoms with van der Waals surface area (Å²) in [4.78, 5) is 22.3. The number of hydrogen-bond acceptors (Lipinski definition) is 7. The highest BCUT2D eigenvalue weighted by atomic mass is 35.5. The first-order valence-electron chi connectivity index (χ1n) is 10.1. The van der Waals surface area contributed by atoms with E-state index in [1.165, 1.54) is 12.4 Å². The van der Waals surface area contributed by atoms with Gasteiger partial charge >= 0.3 is 0 Å². The normalized spacial score (nSPS) is 16.2. The van der Waals surface area contributed by atoms with Crippen LogP contribution >= 0.6 is 11.6 Å². The number of anilines is 2. The van der Waals surface area contributed by atoms with E-state index < -0.39 is 5.82 Å². The Morgan fingerprint density at radius 1 is 1.31 bits per heavy atom.